The van der Waals surface area contributed by atoms with Crippen LogP contribution in [0.4, 0.5) is 5.69 Å². The Morgan fingerprint density at radius 2 is 1.85 bits per heavy atom. The molecule has 114 valence electrons. The zero-order valence-corrected chi connectivity index (χ0v) is 13.1. The Bertz CT molecular complexity index is 531. The van der Waals surface area contributed by atoms with Gasteiger partial charge in [-0.15, -0.1) is 12.4 Å². The van der Waals surface area contributed by atoms with Crippen molar-refractivity contribution >= 4 is 34.0 Å². The summed E-state index contributed by atoms with van der Waals surface area (Å²) in [4.78, 5) is 11.0. The minimum absolute atomic E-state index is 0. The van der Waals surface area contributed by atoms with Gasteiger partial charge in [-0.3, -0.25) is 4.79 Å². The number of benzene rings is 1. The SMILES string of the molecule is CC(=O)Nc1ccc(S(=O)(=O)NCC(C)CN)cc1.Cl. The van der Waals surface area contributed by atoms with Crippen molar-refractivity contribution in [3.63, 3.8) is 0 Å². The predicted octanol–water partition coefficient (Wildman–Crippen LogP) is 0.940. The zero-order chi connectivity index (χ0) is 14.5. The second-order valence-corrected chi connectivity index (χ2v) is 6.17. The van der Waals surface area contributed by atoms with Gasteiger partial charge < -0.3 is 11.1 Å². The molecule has 0 aliphatic rings. The van der Waals surface area contributed by atoms with Crippen LogP contribution < -0.4 is 15.8 Å². The smallest absolute Gasteiger partial charge is 0.240 e. The Balaban J connectivity index is 0.00000361. The number of carbonyl (C=O) groups excluding carboxylic acids is 1. The summed E-state index contributed by atoms with van der Waals surface area (Å²) in [6.07, 6.45) is 0. The fourth-order valence-corrected chi connectivity index (χ4v) is 2.50. The molecule has 1 unspecified atom stereocenters. The predicted molar refractivity (Wildman–Crippen MR) is 81.4 cm³/mol. The van der Waals surface area contributed by atoms with Crippen molar-refractivity contribution in [2.75, 3.05) is 18.4 Å². The van der Waals surface area contributed by atoms with Crippen LogP contribution in [0, 0.1) is 5.92 Å². The molecular weight excluding hydrogens is 302 g/mol. The van der Waals surface area contributed by atoms with Gasteiger partial charge in [0, 0.05) is 19.2 Å². The second-order valence-electron chi connectivity index (χ2n) is 4.40. The van der Waals surface area contributed by atoms with E-state index in [2.05, 4.69) is 10.0 Å². The number of nitrogens with one attached hydrogen (secondary N) is 2. The van der Waals surface area contributed by atoms with Gasteiger partial charge in [0.1, 0.15) is 0 Å². The van der Waals surface area contributed by atoms with Gasteiger partial charge in [-0.25, -0.2) is 13.1 Å². The minimum Gasteiger partial charge on any atom is -0.330 e. The van der Waals surface area contributed by atoms with E-state index in [0.29, 0.717) is 18.8 Å². The van der Waals surface area contributed by atoms with E-state index >= 15 is 0 Å². The first-order chi connectivity index (χ1) is 8.85. The highest BCUT2D eigenvalue weighted by atomic mass is 35.5. The monoisotopic (exact) mass is 321 g/mol. The van der Waals surface area contributed by atoms with Crippen LogP contribution in [0.1, 0.15) is 13.8 Å². The molecule has 0 radical (unpaired) electrons. The van der Waals surface area contributed by atoms with E-state index < -0.39 is 10.0 Å². The molecule has 4 N–H and O–H groups in total. The molecule has 6 nitrogen and oxygen atoms in total. The van der Waals surface area contributed by atoms with Crippen molar-refractivity contribution in [1.29, 1.82) is 0 Å². The van der Waals surface area contributed by atoms with Crippen LogP contribution in [0.5, 0.6) is 0 Å². The van der Waals surface area contributed by atoms with Crippen LogP contribution in [0.25, 0.3) is 0 Å². The fraction of sp³-hybridized carbons (Fsp3) is 0.417. The summed E-state index contributed by atoms with van der Waals surface area (Å²) < 4.78 is 26.4. The first kappa shape index (κ1) is 18.9. The van der Waals surface area contributed by atoms with Gasteiger partial charge >= 0.3 is 0 Å². The van der Waals surface area contributed by atoms with E-state index in [1.165, 1.54) is 19.1 Å². The van der Waals surface area contributed by atoms with Crippen molar-refractivity contribution in [1.82, 2.24) is 4.72 Å². The number of amides is 1. The molecular formula is C12H20ClN3O3S. The van der Waals surface area contributed by atoms with Gasteiger partial charge in [-0.1, -0.05) is 6.92 Å². The number of hydrogen-bond donors (Lipinski definition) is 3. The highest BCUT2D eigenvalue weighted by Crippen LogP contribution is 2.14. The van der Waals surface area contributed by atoms with Gasteiger partial charge in [-0.2, -0.15) is 0 Å². The number of halogens is 1. The molecule has 1 amide bonds. The molecule has 0 fully saturated rings. The molecule has 0 spiro atoms. The molecule has 0 saturated carbocycles. The molecule has 0 bridgehead atoms. The summed E-state index contributed by atoms with van der Waals surface area (Å²) in [5.41, 5.74) is 5.99. The van der Waals surface area contributed by atoms with Crippen molar-refractivity contribution in [3.8, 4) is 0 Å². The number of anilines is 1. The Morgan fingerprint density at radius 1 is 1.30 bits per heavy atom. The van der Waals surface area contributed by atoms with Crippen LogP contribution in [-0.4, -0.2) is 27.4 Å². The van der Waals surface area contributed by atoms with Crippen LogP contribution in [0.2, 0.25) is 0 Å². The van der Waals surface area contributed by atoms with Gasteiger partial charge in [-0.05, 0) is 36.7 Å². The molecule has 1 atom stereocenters. The number of carbonyl (C=O) groups is 1. The summed E-state index contributed by atoms with van der Waals surface area (Å²) in [6.45, 7) is 3.97. The molecule has 0 saturated heterocycles. The molecule has 0 aromatic heterocycles. The van der Waals surface area contributed by atoms with E-state index in [-0.39, 0.29) is 29.1 Å². The molecule has 8 heteroatoms. The first-order valence-electron chi connectivity index (χ1n) is 5.92. The third-order valence-corrected chi connectivity index (χ3v) is 3.95. The van der Waals surface area contributed by atoms with Crippen LogP contribution in [0.3, 0.4) is 0 Å². The minimum atomic E-state index is -3.53. The summed E-state index contributed by atoms with van der Waals surface area (Å²) in [5.74, 6) is -0.126. The molecule has 1 aromatic carbocycles. The second kappa shape index (κ2) is 8.21. The third-order valence-electron chi connectivity index (χ3n) is 2.51. The van der Waals surface area contributed by atoms with Crippen molar-refractivity contribution in [2.45, 2.75) is 18.7 Å². The fourth-order valence-electron chi connectivity index (χ4n) is 1.34. The van der Waals surface area contributed by atoms with Gasteiger partial charge in [0.15, 0.2) is 0 Å². The van der Waals surface area contributed by atoms with E-state index in [4.69, 9.17) is 5.73 Å². The Labute approximate surface area is 125 Å². The quantitative estimate of drug-likeness (QED) is 0.725. The zero-order valence-electron chi connectivity index (χ0n) is 11.4. The van der Waals surface area contributed by atoms with Crippen molar-refractivity contribution < 1.29 is 13.2 Å². The van der Waals surface area contributed by atoms with Crippen LogP contribution in [-0.2, 0) is 14.8 Å². The normalized spacial score (nSPS) is 12.3. The Hall–Kier alpha value is -1.15. The van der Waals surface area contributed by atoms with Gasteiger partial charge in [0.25, 0.3) is 0 Å². The molecule has 1 rings (SSSR count). The summed E-state index contributed by atoms with van der Waals surface area (Å²) in [5, 5.41) is 2.57. The van der Waals surface area contributed by atoms with Crippen molar-refractivity contribution in [2.24, 2.45) is 11.7 Å². The Kier molecular flexibility index (Phi) is 7.74. The number of rotatable bonds is 6. The number of hydrogen-bond acceptors (Lipinski definition) is 4. The van der Waals surface area contributed by atoms with Crippen LogP contribution in [0.15, 0.2) is 29.2 Å². The van der Waals surface area contributed by atoms with Crippen LogP contribution >= 0.6 is 12.4 Å². The average molecular weight is 322 g/mol. The standard InChI is InChI=1S/C12H19N3O3S.ClH/c1-9(7-13)8-14-19(17,18)12-5-3-11(4-6-12)15-10(2)16;/h3-6,9,14H,7-8,13H2,1-2H3,(H,15,16);1H. The lowest BCUT2D eigenvalue weighted by molar-refractivity contribution is -0.114. The highest BCUT2D eigenvalue weighted by Gasteiger charge is 2.14. The maximum atomic E-state index is 11.9. The van der Waals surface area contributed by atoms with E-state index in [1.807, 2.05) is 6.92 Å². The van der Waals surface area contributed by atoms with Gasteiger partial charge in [0.2, 0.25) is 15.9 Å². The van der Waals surface area contributed by atoms with E-state index in [0.717, 1.165) is 0 Å². The lowest BCUT2D eigenvalue weighted by atomic mass is 10.2. The average Bonchev–Trinajstić information content (AvgIpc) is 2.36. The van der Waals surface area contributed by atoms with E-state index in [1.54, 1.807) is 12.1 Å². The van der Waals surface area contributed by atoms with E-state index in [9.17, 15) is 13.2 Å². The maximum Gasteiger partial charge on any atom is 0.240 e. The lowest BCUT2D eigenvalue weighted by Crippen LogP contribution is -2.31. The third kappa shape index (κ3) is 5.87. The Morgan fingerprint density at radius 3 is 2.30 bits per heavy atom. The van der Waals surface area contributed by atoms with Gasteiger partial charge in [0.05, 0.1) is 4.90 Å². The summed E-state index contributed by atoms with van der Waals surface area (Å²) in [6, 6.07) is 5.98. The lowest BCUT2D eigenvalue weighted by Gasteiger charge is -2.11. The molecule has 20 heavy (non-hydrogen) atoms. The topological polar surface area (TPSA) is 101 Å². The summed E-state index contributed by atoms with van der Waals surface area (Å²) >= 11 is 0. The summed E-state index contributed by atoms with van der Waals surface area (Å²) in [7, 11) is -3.53. The number of nitrogens with two attached hydrogens (primary N) is 1. The molecule has 0 aliphatic heterocycles. The largest absolute Gasteiger partial charge is 0.330 e. The maximum absolute atomic E-state index is 11.9. The molecule has 0 heterocycles. The van der Waals surface area contributed by atoms with Crippen molar-refractivity contribution in [3.05, 3.63) is 24.3 Å². The molecule has 1 aromatic rings. The first-order valence-corrected chi connectivity index (χ1v) is 7.41. The molecule has 0 aliphatic carbocycles. The number of sulfonamides is 1. The highest BCUT2D eigenvalue weighted by molar-refractivity contribution is 7.89.